The number of hydrogen-bond acceptors (Lipinski definition) is 2. The van der Waals surface area contributed by atoms with Crippen LogP contribution < -0.4 is 0 Å². The number of amides is 2. The number of likely N-dealkylation sites (N-methyl/N-ethyl adjacent to an activating group) is 1. The number of benzene rings is 1. The van der Waals surface area contributed by atoms with Gasteiger partial charge < -0.3 is 0 Å². The highest BCUT2D eigenvalue weighted by atomic mass is 35.5. The van der Waals surface area contributed by atoms with Crippen LogP contribution in [0.4, 0.5) is 0 Å². The van der Waals surface area contributed by atoms with Crippen LogP contribution in [0.5, 0.6) is 0 Å². The fraction of sp³-hybridized carbons (Fsp3) is 0.333. The Hall–Kier alpha value is -1.35. The number of carbonyl (C=O) groups is 2. The molecule has 0 N–H and O–H groups in total. The van der Waals surface area contributed by atoms with Crippen molar-refractivity contribution in [3.63, 3.8) is 0 Å². The van der Waals surface area contributed by atoms with Gasteiger partial charge in [-0.1, -0.05) is 17.7 Å². The fourth-order valence-corrected chi connectivity index (χ4v) is 2.26. The molecule has 1 heterocycles. The smallest absolute Gasteiger partial charge is 0.236 e. The lowest BCUT2D eigenvalue weighted by atomic mass is 9.93. The van der Waals surface area contributed by atoms with E-state index in [1.54, 1.807) is 6.07 Å². The summed E-state index contributed by atoms with van der Waals surface area (Å²) in [5.74, 6) is -0.588. The first kappa shape index (κ1) is 11.1. The molecule has 0 bridgehead atoms. The van der Waals surface area contributed by atoms with E-state index in [1.807, 2.05) is 19.1 Å². The van der Waals surface area contributed by atoms with Crippen molar-refractivity contribution >= 4 is 23.4 Å². The van der Waals surface area contributed by atoms with Crippen LogP contribution >= 0.6 is 11.6 Å². The molecule has 0 radical (unpaired) electrons. The van der Waals surface area contributed by atoms with Crippen LogP contribution in [0.1, 0.15) is 23.5 Å². The lowest BCUT2D eigenvalue weighted by Gasteiger charge is -2.12. The summed E-state index contributed by atoms with van der Waals surface area (Å²) in [6.07, 6.45) is 0.262. The molecule has 1 aliphatic heterocycles. The van der Waals surface area contributed by atoms with Gasteiger partial charge >= 0.3 is 0 Å². The van der Waals surface area contributed by atoms with E-state index >= 15 is 0 Å². The summed E-state index contributed by atoms with van der Waals surface area (Å²) in [5.41, 5.74) is 1.85. The Kier molecular flexibility index (Phi) is 2.72. The van der Waals surface area contributed by atoms with Crippen molar-refractivity contribution < 1.29 is 9.59 Å². The minimum atomic E-state index is -0.338. The average molecular weight is 238 g/mol. The maximum absolute atomic E-state index is 11.8. The lowest BCUT2D eigenvalue weighted by molar-refractivity contribution is -0.137. The van der Waals surface area contributed by atoms with Gasteiger partial charge in [-0.2, -0.15) is 0 Å². The number of hydrogen-bond donors (Lipinski definition) is 0. The third-order valence-electron chi connectivity index (χ3n) is 2.99. The molecule has 1 aromatic rings. The fourth-order valence-electron chi connectivity index (χ4n) is 2.03. The summed E-state index contributed by atoms with van der Waals surface area (Å²) in [6, 6.07) is 5.39. The summed E-state index contributed by atoms with van der Waals surface area (Å²) in [7, 11) is 1.52. The van der Waals surface area contributed by atoms with Crippen molar-refractivity contribution in [2.24, 2.45) is 0 Å². The highest BCUT2D eigenvalue weighted by Crippen LogP contribution is 2.31. The van der Waals surface area contributed by atoms with Crippen molar-refractivity contribution in [2.75, 3.05) is 7.05 Å². The number of nitrogens with zero attached hydrogens (tertiary/aromatic N) is 1. The lowest BCUT2D eigenvalue weighted by Crippen LogP contribution is -2.25. The minimum absolute atomic E-state index is 0.121. The van der Waals surface area contributed by atoms with Crippen molar-refractivity contribution in [3.8, 4) is 0 Å². The van der Waals surface area contributed by atoms with Crippen molar-refractivity contribution in [1.29, 1.82) is 0 Å². The first-order valence-electron chi connectivity index (χ1n) is 5.07. The van der Waals surface area contributed by atoms with Gasteiger partial charge in [-0.15, -0.1) is 0 Å². The summed E-state index contributed by atoms with van der Waals surface area (Å²) in [4.78, 5) is 24.4. The Labute approximate surface area is 99.0 Å². The number of halogens is 1. The van der Waals surface area contributed by atoms with E-state index in [1.165, 1.54) is 11.9 Å². The Morgan fingerprint density at radius 1 is 1.38 bits per heavy atom. The SMILES string of the molecule is Cc1cc(Cl)ccc1C1CC(=O)N(C)C1=O. The van der Waals surface area contributed by atoms with Crippen LogP contribution in [-0.4, -0.2) is 23.8 Å². The molecule has 0 spiro atoms. The maximum atomic E-state index is 11.8. The van der Waals surface area contributed by atoms with Crippen LogP contribution in [-0.2, 0) is 9.59 Å². The molecule has 1 aromatic carbocycles. The van der Waals surface area contributed by atoms with Gasteiger partial charge in [-0.25, -0.2) is 0 Å². The van der Waals surface area contributed by atoms with E-state index in [9.17, 15) is 9.59 Å². The molecule has 1 atom stereocenters. The van der Waals surface area contributed by atoms with E-state index in [-0.39, 0.29) is 24.2 Å². The zero-order valence-corrected chi connectivity index (χ0v) is 9.91. The molecule has 2 amide bonds. The maximum Gasteiger partial charge on any atom is 0.236 e. The van der Waals surface area contributed by atoms with Crippen LogP contribution in [0.15, 0.2) is 18.2 Å². The van der Waals surface area contributed by atoms with E-state index in [0.717, 1.165) is 11.1 Å². The summed E-state index contributed by atoms with van der Waals surface area (Å²) < 4.78 is 0. The molecule has 1 saturated heterocycles. The van der Waals surface area contributed by atoms with Crippen molar-refractivity contribution in [3.05, 3.63) is 34.3 Å². The Balaban J connectivity index is 2.39. The summed E-state index contributed by atoms with van der Waals surface area (Å²) >= 11 is 5.86. The standard InChI is InChI=1S/C12H12ClNO2/c1-7-5-8(13)3-4-9(7)10-6-11(15)14(2)12(10)16/h3-5,10H,6H2,1-2H3. The van der Waals surface area contributed by atoms with Gasteiger partial charge in [0, 0.05) is 18.5 Å². The number of carbonyl (C=O) groups excluding carboxylic acids is 2. The zero-order valence-electron chi connectivity index (χ0n) is 9.16. The van der Waals surface area contributed by atoms with Gasteiger partial charge in [-0.3, -0.25) is 14.5 Å². The summed E-state index contributed by atoms with van der Waals surface area (Å²) in [5, 5.41) is 0.645. The van der Waals surface area contributed by atoms with Gasteiger partial charge in [0.05, 0.1) is 5.92 Å². The second-order valence-electron chi connectivity index (χ2n) is 4.05. The molecule has 1 fully saturated rings. The van der Waals surface area contributed by atoms with Gasteiger partial charge in [0.2, 0.25) is 11.8 Å². The monoisotopic (exact) mass is 237 g/mol. The van der Waals surface area contributed by atoms with Crippen LogP contribution in [0.2, 0.25) is 5.02 Å². The molecule has 1 unspecified atom stereocenters. The highest BCUT2D eigenvalue weighted by molar-refractivity contribution is 6.30. The van der Waals surface area contributed by atoms with E-state index in [0.29, 0.717) is 5.02 Å². The van der Waals surface area contributed by atoms with E-state index < -0.39 is 0 Å². The Morgan fingerprint density at radius 2 is 2.06 bits per heavy atom. The van der Waals surface area contributed by atoms with Gasteiger partial charge in [-0.05, 0) is 30.2 Å². The first-order chi connectivity index (χ1) is 7.50. The number of likely N-dealkylation sites (tertiary alicyclic amines) is 1. The predicted molar refractivity (Wildman–Crippen MR) is 61.3 cm³/mol. The molecular formula is C12H12ClNO2. The van der Waals surface area contributed by atoms with Crippen molar-refractivity contribution in [2.45, 2.75) is 19.3 Å². The minimum Gasteiger partial charge on any atom is -0.285 e. The molecule has 3 nitrogen and oxygen atoms in total. The molecule has 1 aliphatic rings. The highest BCUT2D eigenvalue weighted by Gasteiger charge is 2.37. The van der Waals surface area contributed by atoms with Gasteiger partial charge in [0.15, 0.2) is 0 Å². The molecule has 84 valence electrons. The topological polar surface area (TPSA) is 37.4 Å². The molecule has 0 saturated carbocycles. The second-order valence-corrected chi connectivity index (χ2v) is 4.49. The second kappa shape index (κ2) is 3.91. The van der Waals surface area contributed by atoms with Crippen LogP contribution in [0, 0.1) is 6.92 Å². The number of imide groups is 1. The Bertz CT molecular complexity index is 470. The third-order valence-corrected chi connectivity index (χ3v) is 3.22. The van der Waals surface area contributed by atoms with E-state index in [4.69, 9.17) is 11.6 Å². The number of rotatable bonds is 1. The predicted octanol–water partition coefficient (Wildman–Crippen LogP) is 2.12. The van der Waals surface area contributed by atoms with Crippen LogP contribution in [0.3, 0.4) is 0 Å². The average Bonchev–Trinajstić information content (AvgIpc) is 2.46. The molecule has 0 aromatic heterocycles. The number of aryl methyl sites for hydroxylation is 1. The molecule has 4 heteroatoms. The molecule has 0 aliphatic carbocycles. The normalized spacial score (nSPS) is 20.7. The largest absolute Gasteiger partial charge is 0.285 e. The Morgan fingerprint density at radius 3 is 2.56 bits per heavy atom. The van der Waals surface area contributed by atoms with Gasteiger partial charge in [0.25, 0.3) is 0 Å². The third kappa shape index (κ3) is 1.71. The van der Waals surface area contributed by atoms with E-state index in [2.05, 4.69) is 0 Å². The van der Waals surface area contributed by atoms with Crippen molar-refractivity contribution in [1.82, 2.24) is 4.90 Å². The quantitative estimate of drug-likeness (QED) is 0.702. The molecule has 16 heavy (non-hydrogen) atoms. The zero-order chi connectivity index (χ0) is 11.9. The summed E-state index contributed by atoms with van der Waals surface area (Å²) in [6.45, 7) is 1.90. The van der Waals surface area contributed by atoms with Gasteiger partial charge in [0.1, 0.15) is 0 Å². The molecule has 2 rings (SSSR count). The molecular weight excluding hydrogens is 226 g/mol. The first-order valence-corrected chi connectivity index (χ1v) is 5.45. The van der Waals surface area contributed by atoms with Crippen LogP contribution in [0.25, 0.3) is 0 Å².